The molecule has 6 nitrogen and oxygen atoms in total. The molecule has 0 saturated carbocycles. The number of fused-ring (bicyclic) bond motifs is 2. The number of carbonyl (C=O) groups excluding carboxylic acids is 2. The number of nitrogens with two attached hydrogens (primary N) is 1. The van der Waals surface area contributed by atoms with E-state index in [4.69, 9.17) is 5.73 Å². The zero-order valence-corrected chi connectivity index (χ0v) is 21.8. The van der Waals surface area contributed by atoms with Crippen LogP contribution in [0.25, 0.3) is 0 Å². The molecular formula is C29H36F2N4O2. The quantitative estimate of drug-likeness (QED) is 0.685. The lowest BCUT2D eigenvalue weighted by Crippen LogP contribution is -2.50. The van der Waals surface area contributed by atoms with Crippen LogP contribution in [0.2, 0.25) is 0 Å². The van der Waals surface area contributed by atoms with Crippen molar-refractivity contribution in [1.82, 2.24) is 9.80 Å². The first kappa shape index (κ1) is 25.8. The molecular weight excluding hydrogens is 474 g/mol. The van der Waals surface area contributed by atoms with Crippen LogP contribution < -0.4 is 10.6 Å². The maximum absolute atomic E-state index is 14.9. The fraction of sp³-hybridized carbons (Fsp3) is 0.517. The summed E-state index contributed by atoms with van der Waals surface area (Å²) in [5, 5.41) is 0. The molecule has 2 fully saturated rings. The number of anilines is 1. The number of amides is 2. The molecule has 2 aromatic carbocycles. The minimum absolute atomic E-state index is 0.0245. The summed E-state index contributed by atoms with van der Waals surface area (Å²) in [6, 6.07) is 11.7. The molecule has 0 unspecified atom stereocenters. The Kier molecular flexibility index (Phi) is 6.61. The number of halogens is 2. The molecule has 2 N–H and O–H groups in total. The second kappa shape index (κ2) is 9.48. The molecule has 0 bridgehead atoms. The highest BCUT2D eigenvalue weighted by atomic mass is 19.1. The van der Waals surface area contributed by atoms with Gasteiger partial charge in [-0.05, 0) is 56.9 Å². The average Bonchev–Trinajstić information content (AvgIpc) is 3.45. The lowest BCUT2D eigenvalue weighted by atomic mass is 9.74. The van der Waals surface area contributed by atoms with Gasteiger partial charge in [0.15, 0.2) is 0 Å². The SMILES string of the molecule is CC(C)(C)N1C[C@@H](C(=O)N2CCC3(CC2)CN(C(=O)CN)c2ccccc23)[C@H](c2ccc(F)cc2F)C1. The Hall–Kier alpha value is -2.84. The summed E-state index contributed by atoms with van der Waals surface area (Å²) in [5.41, 5.74) is 7.77. The maximum Gasteiger partial charge on any atom is 0.240 e. The fourth-order valence-corrected chi connectivity index (χ4v) is 6.50. The Morgan fingerprint density at radius 3 is 2.41 bits per heavy atom. The Balaban J connectivity index is 1.37. The zero-order valence-electron chi connectivity index (χ0n) is 21.8. The third-order valence-electron chi connectivity index (χ3n) is 8.68. The van der Waals surface area contributed by atoms with E-state index in [0.29, 0.717) is 38.3 Å². The first-order valence-electron chi connectivity index (χ1n) is 13.1. The van der Waals surface area contributed by atoms with E-state index in [1.807, 2.05) is 23.1 Å². The van der Waals surface area contributed by atoms with E-state index >= 15 is 0 Å². The van der Waals surface area contributed by atoms with Crippen molar-refractivity contribution in [1.29, 1.82) is 0 Å². The van der Waals surface area contributed by atoms with Crippen LogP contribution in [0, 0.1) is 17.6 Å². The standard InChI is InChI=1S/C29H36F2N4O2/c1-28(2,3)34-16-21(20-9-8-19(30)14-24(20)31)22(17-34)27(37)33-12-10-29(11-13-33)18-35(26(36)15-32)25-7-5-4-6-23(25)29/h4-9,14,21-22H,10-13,15-18,32H2,1-3H3/t21-,22+/m0/s1. The van der Waals surface area contributed by atoms with Gasteiger partial charge in [0.05, 0.1) is 12.5 Å². The minimum atomic E-state index is -0.616. The molecule has 5 rings (SSSR count). The molecule has 198 valence electrons. The molecule has 0 aromatic heterocycles. The van der Waals surface area contributed by atoms with Gasteiger partial charge in [-0.2, -0.15) is 0 Å². The lowest BCUT2D eigenvalue weighted by Gasteiger charge is -2.41. The number of para-hydroxylation sites is 1. The van der Waals surface area contributed by atoms with Crippen LogP contribution in [0.1, 0.15) is 50.7 Å². The van der Waals surface area contributed by atoms with Gasteiger partial charge in [-0.15, -0.1) is 0 Å². The van der Waals surface area contributed by atoms with Gasteiger partial charge in [-0.1, -0.05) is 24.3 Å². The highest BCUT2D eigenvalue weighted by Gasteiger charge is 2.49. The summed E-state index contributed by atoms with van der Waals surface area (Å²) in [5.74, 6) is -2.03. The van der Waals surface area contributed by atoms with Crippen molar-refractivity contribution in [2.45, 2.75) is 50.5 Å². The lowest BCUT2D eigenvalue weighted by molar-refractivity contribution is -0.137. The van der Waals surface area contributed by atoms with E-state index in [2.05, 4.69) is 31.7 Å². The second-order valence-electron chi connectivity index (χ2n) is 11.8. The second-order valence-corrected chi connectivity index (χ2v) is 11.8. The van der Waals surface area contributed by atoms with Crippen LogP contribution in [0.15, 0.2) is 42.5 Å². The highest BCUT2D eigenvalue weighted by Crippen LogP contribution is 2.47. The molecule has 8 heteroatoms. The molecule has 0 radical (unpaired) electrons. The smallest absolute Gasteiger partial charge is 0.240 e. The molecule has 0 aliphatic carbocycles. The number of hydrogen-bond donors (Lipinski definition) is 1. The van der Waals surface area contributed by atoms with E-state index in [9.17, 15) is 18.4 Å². The van der Waals surface area contributed by atoms with Gasteiger partial charge in [0.25, 0.3) is 0 Å². The number of likely N-dealkylation sites (tertiary alicyclic amines) is 2. The van der Waals surface area contributed by atoms with E-state index < -0.39 is 17.6 Å². The van der Waals surface area contributed by atoms with Crippen LogP contribution in [0.5, 0.6) is 0 Å². The van der Waals surface area contributed by atoms with Crippen LogP contribution in [-0.2, 0) is 15.0 Å². The summed E-state index contributed by atoms with van der Waals surface area (Å²) < 4.78 is 28.5. The van der Waals surface area contributed by atoms with Crippen molar-refractivity contribution in [2.24, 2.45) is 11.7 Å². The Labute approximate surface area is 217 Å². The largest absolute Gasteiger partial charge is 0.342 e. The molecule has 2 atom stereocenters. The van der Waals surface area contributed by atoms with Crippen LogP contribution >= 0.6 is 0 Å². The number of benzene rings is 2. The van der Waals surface area contributed by atoms with Gasteiger partial charge < -0.3 is 15.5 Å². The van der Waals surface area contributed by atoms with E-state index in [1.54, 1.807) is 4.90 Å². The van der Waals surface area contributed by atoms with Crippen LogP contribution in [-0.4, -0.2) is 66.4 Å². The van der Waals surface area contributed by atoms with Gasteiger partial charge in [0, 0.05) is 61.3 Å². The summed E-state index contributed by atoms with van der Waals surface area (Å²) >= 11 is 0. The van der Waals surface area contributed by atoms with Gasteiger partial charge in [0.1, 0.15) is 11.6 Å². The van der Waals surface area contributed by atoms with Gasteiger partial charge in [0.2, 0.25) is 11.8 Å². The first-order valence-corrected chi connectivity index (χ1v) is 13.1. The Morgan fingerprint density at radius 1 is 1.05 bits per heavy atom. The maximum atomic E-state index is 14.9. The molecule has 2 aromatic rings. The van der Waals surface area contributed by atoms with Crippen LogP contribution in [0.4, 0.5) is 14.5 Å². The summed E-state index contributed by atoms with van der Waals surface area (Å²) in [6.07, 6.45) is 1.49. The van der Waals surface area contributed by atoms with Crippen molar-refractivity contribution < 1.29 is 18.4 Å². The van der Waals surface area contributed by atoms with E-state index in [-0.39, 0.29) is 35.2 Å². The third-order valence-corrected chi connectivity index (χ3v) is 8.68. The molecule has 3 aliphatic heterocycles. The summed E-state index contributed by atoms with van der Waals surface area (Å²) in [7, 11) is 0. The minimum Gasteiger partial charge on any atom is -0.342 e. The summed E-state index contributed by atoms with van der Waals surface area (Å²) in [6.45, 7) is 9.04. The van der Waals surface area contributed by atoms with Crippen molar-refractivity contribution in [3.05, 3.63) is 65.2 Å². The molecule has 2 amide bonds. The molecule has 3 aliphatic rings. The first-order chi connectivity index (χ1) is 17.5. The van der Waals surface area contributed by atoms with E-state index in [0.717, 1.165) is 30.2 Å². The predicted octanol–water partition coefficient (Wildman–Crippen LogP) is 3.64. The zero-order chi connectivity index (χ0) is 26.5. The van der Waals surface area contributed by atoms with Crippen molar-refractivity contribution in [3.8, 4) is 0 Å². The molecule has 2 saturated heterocycles. The number of hydrogen-bond acceptors (Lipinski definition) is 4. The highest BCUT2D eigenvalue weighted by molar-refractivity contribution is 5.97. The Bertz CT molecular complexity index is 1200. The van der Waals surface area contributed by atoms with Crippen molar-refractivity contribution >= 4 is 17.5 Å². The number of rotatable bonds is 3. The molecule has 1 spiro atoms. The number of carbonyl (C=O) groups is 2. The molecule has 37 heavy (non-hydrogen) atoms. The van der Waals surface area contributed by atoms with E-state index in [1.165, 1.54) is 12.1 Å². The molecule has 3 heterocycles. The van der Waals surface area contributed by atoms with Crippen molar-refractivity contribution in [3.63, 3.8) is 0 Å². The topological polar surface area (TPSA) is 69.9 Å². The average molecular weight is 511 g/mol. The van der Waals surface area contributed by atoms with Crippen molar-refractivity contribution in [2.75, 3.05) is 44.2 Å². The monoisotopic (exact) mass is 510 g/mol. The number of nitrogens with zero attached hydrogens (tertiary/aromatic N) is 3. The van der Waals surface area contributed by atoms with Gasteiger partial charge in [-0.3, -0.25) is 14.5 Å². The predicted molar refractivity (Wildman–Crippen MR) is 139 cm³/mol. The number of piperidine rings is 1. The van der Waals surface area contributed by atoms with Gasteiger partial charge >= 0.3 is 0 Å². The summed E-state index contributed by atoms with van der Waals surface area (Å²) in [4.78, 5) is 32.4. The fourth-order valence-electron chi connectivity index (χ4n) is 6.50. The van der Waals surface area contributed by atoms with Gasteiger partial charge in [-0.25, -0.2) is 8.78 Å². The Morgan fingerprint density at radius 2 is 1.76 bits per heavy atom. The third kappa shape index (κ3) is 4.55. The normalized spacial score (nSPS) is 23.5. The van der Waals surface area contributed by atoms with Crippen LogP contribution in [0.3, 0.4) is 0 Å².